The first kappa shape index (κ1) is 13.4. The van der Waals surface area contributed by atoms with E-state index in [-0.39, 0.29) is 5.78 Å². The zero-order valence-corrected chi connectivity index (χ0v) is 11.5. The molecular formula is C19H13BO. The van der Waals surface area contributed by atoms with Crippen LogP contribution in [0.25, 0.3) is 11.1 Å². The molecule has 2 heteroatoms. The summed E-state index contributed by atoms with van der Waals surface area (Å²) in [5, 5.41) is 0. The van der Waals surface area contributed by atoms with E-state index < -0.39 is 0 Å². The van der Waals surface area contributed by atoms with E-state index in [1.54, 1.807) is 24.3 Å². The van der Waals surface area contributed by atoms with Crippen LogP contribution in [0.2, 0.25) is 0 Å². The normalized spacial score (nSPS) is 10.3. The summed E-state index contributed by atoms with van der Waals surface area (Å²) in [5.74, 6) is 0.00890. The Labute approximate surface area is 125 Å². The van der Waals surface area contributed by atoms with Gasteiger partial charge in [0.05, 0.1) is 0 Å². The van der Waals surface area contributed by atoms with Crippen molar-refractivity contribution in [2.75, 3.05) is 0 Å². The maximum Gasteiger partial charge on any atom is 0.193 e. The van der Waals surface area contributed by atoms with E-state index in [9.17, 15) is 4.79 Å². The molecule has 3 aromatic carbocycles. The van der Waals surface area contributed by atoms with Crippen LogP contribution in [0.1, 0.15) is 15.9 Å². The molecule has 0 heterocycles. The van der Waals surface area contributed by atoms with Crippen molar-refractivity contribution < 1.29 is 4.79 Å². The van der Waals surface area contributed by atoms with Gasteiger partial charge in [-0.25, -0.2) is 0 Å². The standard InChI is InChI=1S/C19H13BO/c20-18-12-10-17(11-13-18)19(21)16-8-6-15(7-9-16)14-4-2-1-3-5-14/h1-13H. The lowest BCUT2D eigenvalue weighted by molar-refractivity contribution is 0.103. The van der Waals surface area contributed by atoms with Crippen LogP contribution in [0.5, 0.6) is 0 Å². The van der Waals surface area contributed by atoms with E-state index in [0.717, 1.165) is 11.1 Å². The first-order valence-corrected chi connectivity index (χ1v) is 6.80. The fraction of sp³-hybridized carbons (Fsp3) is 0. The summed E-state index contributed by atoms with van der Waals surface area (Å²) < 4.78 is 0. The minimum atomic E-state index is 0.00890. The minimum absolute atomic E-state index is 0.00890. The van der Waals surface area contributed by atoms with Gasteiger partial charge in [0.25, 0.3) is 0 Å². The summed E-state index contributed by atoms with van der Waals surface area (Å²) in [6.45, 7) is 0. The number of carbonyl (C=O) groups is 1. The molecule has 98 valence electrons. The fourth-order valence-electron chi connectivity index (χ4n) is 2.25. The Morgan fingerprint density at radius 2 is 1.10 bits per heavy atom. The van der Waals surface area contributed by atoms with Gasteiger partial charge in [0.1, 0.15) is 7.85 Å². The van der Waals surface area contributed by atoms with Crippen LogP contribution in [0.3, 0.4) is 0 Å². The van der Waals surface area contributed by atoms with Gasteiger partial charge in [0, 0.05) is 11.1 Å². The van der Waals surface area contributed by atoms with Crippen LogP contribution >= 0.6 is 0 Å². The van der Waals surface area contributed by atoms with Gasteiger partial charge in [0.2, 0.25) is 0 Å². The highest BCUT2D eigenvalue weighted by Crippen LogP contribution is 2.20. The molecule has 0 aromatic heterocycles. The number of ketones is 1. The Kier molecular flexibility index (Phi) is 3.70. The third-order valence-corrected chi connectivity index (χ3v) is 3.43. The van der Waals surface area contributed by atoms with E-state index >= 15 is 0 Å². The predicted molar refractivity (Wildman–Crippen MR) is 87.1 cm³/mol. The second kappa shape index (κ2) is 5.80. The highest BCUT2D eigenvalue weighted by molar-refractivity contribution is 6.32. The van der Waals surface area contributed by atoms with Crippen LogP contribution < -0.4 is 5.46 Å². The zero-order valence-electron chi connectivity index (χ0n) is 11.5. The molecular weight excluding hydrogens is 255 g/mol. The van der Waals surface area contributed by atoms with E-state index in [4.69, 9.17) is 7.85 Å². The molecule has 0 saturated heterocycles. The summed E-state index contributed by atoms with van der Waals surface area (Å²) in [6.07, 6.45) is 0. The molecule has 0 aliphatic carbocycles. The highest BCUT2D eigenvalue weighted by Gasteiger charge is 2.08. The second-order valence-corrected chi connectivity index (χ2v) is 4.89. The lowest BCUT2D eigenvalue weighted by Crippen LogP contribution is -2.05. The number of hydrogen-bond acceptors (Lipinski definition) is 1. The molecule has 0 amide bonds. The van der Waals surface area contributed by atoms with Crippen LogP contribution in [-0.4, -0.2) is 13.6 Å². The summed E-state index contributed by atoms with van der Waals surface area (Å²) in [5.41, 5.74) is 4.23. The lowest BCUT2D eigenvalue weighted by atomic mass is 9.93. The first-order chi connectivity index (χ1) is 10.2. The molecule has 1 nitrogen and oxygen atoms in total. The Bertz CT molecular complexity index is 744. The molecule has 0 aliphatic rings. The topological polar surface area (TPSA) is 17.1 Å². The fourth-order valence-corrected chi connectivity index (χ4v) is 2.25. The lowest BCUT2D eigenvalue weighted by Gasteiger charge is -2.05. The van der Waals surface area contributed by atoms with E-state index in [1.165, 1.54) is 0 Å². The van der Waals surface area contributed by atoms with E-state index in [0.29, 0.717) is 16.6 Å². The molecule has 0 unspecified atom stereocenters. The smallest absolute Gasteiger partial charge is 0.193 e. The number of rotatable bonds is 3. The molecule has 0 bridgehead atoms. The van der Waals surface area contributed by atoms with Crippen molar-refractivity contribution in [2.24, 2.45) is 0 Å². The molecule has 21 heavy (non-hydrogen) atoms. The first-order valence-electron chi connectivity index (χ1n) is 6.80. The SMILES string of the molecule is [B]c1ccc(C(=O)c2ccc(-c3ccccc3)cc2)cc1. The van der Waals surface area contributed by atoms with Crippen molar-refractivity contribution in [2.45, 2.75) is 0 Å². The Hall–Kier alpha value is -2.61. The molecule has 0 fully saturated rings. The third-order valence-electron chi connectivity index (χ3n) is 3.43. The predicted octanol–water partition coefficient (Wildman–Crippen LogP) is 3.38. The monoisotopic (exact) mass is 268 g/mol. The van der Waals surface area contributed by atoms with Crippen molar-refractivity contribution in [3.63, 3.8) is 0 Å². The van der Waals surface area contributed by atoms with Gasteiger partial charge in [-0.1, -0.05) is 84.3 Å². The number of hydrogen-bond donors (Lipinski definition) is 0. The average molecular weight is 268 g/mol. The van der Waals surface area contributed by atoms with Gasteiger partial charge in [-0.2, -0.15) is 0 Å². The average Bonchev–Trinajstić information content (AvgIpc) is 2.56. The maximum absolute atomic E-state index is 12.4. The molecule has 2 radical (unpaired) electrons. The van der Waals surface area contributed by atoms with Gasteiger partial charge in [-0.05, 0) is 11.1 Å². The number of carbonyl (C=O) groups excluding carboxylic acids is 1. The van der Waals surface area contributed by atoms with Gasteiger partial charge in [-0.15, -0.1) is 0 Å². The molecule has 0 spiro atoms. The van der Waals surface area contributed by atoms with Gasteiger partial charge in [-0.3, -0.25) is 4.79 Å². The summed E-state index contributed by atoms with van der Waals surface area (Å²) in [7, 11) is 5.64. The van der Waals surface area contributed by atoms with Crippen molar-refractivity contribution in [1.82, 2.24) is 0 Å². The van der Waals surface area contributed by atoms with E-state index in [2.05, 4.69) is 12.1 Å². The largest absolute Gasteiger partial charge is 0.289 e. The van der Waals surface area contributed by atoms with Crippen LogP contribution in [0, 0.1) is 0 Å². The quantitative estimate of drug-likeness (QED) is 0.525. The minimum Gasteiger partial charge on any atom is -0.289 e. The maximum atomic E-state index is 12.4. The van der Waals surface area contributed by atoms with Gasteiger partial charge in [0.15, 0.2) is 5.78 Å². The Balaban J connectivity index is 1.87. The number of benzene rings is 3. The zero-order chi connectivity index (χ0) is 14.7. The second-order valence-electron chi connectivity index (χ2n) is 4.89. The van der Waals surface area contributed by atoms with Gasteiger partial charge >= 0.3 is 0 Å². The molecule has 0 N–H and O–H groups in total. The molecule has 0 aliphatic heterocycles. The molecule has 3 aromatic rings. The van der Waals surface area contributed by atoms with Crippen molar-refractivity contribution in [1.29, 1.82) is 0 Å². The molecule has 3 rings (SSSR count). The van der Waals surface area contributed by atoms with Crippen LogP contribution in [-0.2, 0) is 0 Å². The van der Waals surface area contributed by atoms with E-state index in [1.807, 2.05) is 42.5 Å². The summed E-state index contributed by atoms with van der Waals surface area (Å²) in [4.78, 5) is 12.4. The Morgan fingerprint density at radius 3 is 1.67 bits per heavy atom. The van der Waals surface area contributed by atoms with Crippen molar-refractivity contribution in [3.8, 4) is 11.1 Å². The van der Waals surface area contributed by atoms with Crippen LogP contribution in [0.15, 0.2) is 78.9 Å². The van der Waals surface area contributed by atoms with Gasteiger partial charge < -0.3 is 0 Å². The molecule has 0 saturated carbocycles. The highest BCUT2D eigenvalue weighted by atomic mass is 16.1. The van der Waals surface area contributed by atoms with Crippen LogP contribution in [0.4, 0.5) is 0 Å². The summed E-state index contributed by atoms with van der Waals surface area (Å²) >= 11 is 0. The van der Waals surface area contributed by atoms with Crippen molar-refractivity contribution in [3.05, 3.63) is 90.0 Å². The van der Waals surface area contributed by atoms with Crippen molar-refractivity contribution >= 4 is 19.1 Å². The third kappa shape index (κ3) is 2.95. The summed E-state index contributed by atoms with van der Waals surface area (Å²) in [6, 6.07) is 24.8. The Morgan fingerprint density at radius 1 is 0.619 bits per heavy atom. The molecule has 0 atom stereocenters.